The van der Waals surface area contributed by atoms with Crippen LogP contribution in [0.5, 0.6) is 0 Å². The van der Waals surface area contributed by atoms with E-state index >= 15 is 0 Å². The number of nitrogens with zero attached hydrogens (tertiary/aromatic N) is 3. The van der Waals surface area contributed by atoms with Gasteiger partial charge in [-0.15, -0.1) is 0 Å². The van der Waals surface area contributed by atoms with Crippen molar-refractivity contribution in [2.45, 2.75) is 51.6 Å². The summed E-state index contributed by atoms with van der Waals surface area (Å²) < 4.78 is 2.09. The molecule has 3 heterocycles. The third-order valence-electron chi connectivity index (χ3n) is 6.50. The average Bonchev–Trinajstić information content (AvgIpc) is 3.06. The van der Waals surface area contributed by atoms with Crippen LogP contribution in [0.15, 0.2) is 30.5 Å². The van der Waals surface area contributed by atoms with E-state index in [1.807, 2.05) is 18.1 Å². The lowest BCUT2D eigenvalue weighted by atomic mass is 9.83. The number of benzene rings is 1. The highest BCUT2D eigenvalue weighted by molar-refractivity contribution is 5.85. The zero-order valence-electron chi connectivity index (χ0n) is 16.2. The zero-order chi connectivity index (χ0) is 18.1. The van der Waals surface area contributed by atoms with Crippen molar-refractivity contribution in [1.82, 2.24) is 14.4 Å². The molecule has 2 aliphatic heterocycles. The highest BCUT2D eigenvalue weighted by atomic mass is 16.2. The molecule has 2 fully saturated rings. The van der Waals surface area contributed by atoms with Gasteiger partial charge in [-0.05, 0) is 69.3 Å². The largest absolute Gasteiger partial charge is 0.344 e. The maximum atomic E-state index is 12.9. The molecular formula is C22H31N3O. The maximum absolute atomic E-state index is 12.9. The van der Waals surface area contributed by atoms with Gasteiger partial charge in [0.15, 0.2) is 0 Å². The lowest BCUT2D eigenvalue weighted by molar-refractivity contribution is -0.131. The normalized spacial score (nSPS) is 23.8. The van der Waals surface area contributed by atoms with Crippen LogP contribution in [0.25, 0.3) is 10.9 Å². The minimum atomic E-state index is 0.219. The van der Waals surface area contributed by atoms with E-state index in [4.69, 9.17) is 0 Å². The van der Waals surface area contributed by atoms with Gasteiger partial charge in [0, 0.05) is 36.7 Å². The number of fused-ring (bicyclic) bond motifs is 2. The summed E-state index contributed by atoms with van der Waals surface area (Å²) in [6.07, 6.45) is 8.61. The first-order valence-electron chi connectivity index (χ1n) is 10.2. The van der Waals surface area contributed by atoms with Crippen molar-refractivity contribution in [3.05, 3.63) is 36.0 Å². The fourth-order valence-electron chi connectivity index (χ4n) is 5.03. The number of rotatable bonds is 4. The predicted octanol–water partition coefficient (Wildman–Crippen LogP) is 3.67. The highest BCUT2D eigenvalue weighted by Crippen LogP contribution is 2.31. The van der Waals surface area contributed by atoms with Crippen molar-refractivity contribution in [1.29, 1.82) is 0 Å². The highest BCUT2D eigenvalue weighted by Gasteiger charge is 2.34. The van der Waals surface area contributed by atoms with Gasteiger partial charge < -0.3 is 14.4 Å². The fourth-order valence-corrected chi connectivity index (χ4v) is 5.03. The number of aromatic nitrogens is 1. The Bertz CT molecular complexity index is 779. The van der Waals surface area contributed by atoms with Crippen molar-refractivity contribution in [2.75, 3.05) is 26.7 Å². The molecule has 4 heteroatoms. The summed E-state index contributed by atoms with van der Waals surface area (Å²) in [5.74, 6) is 0.860. The molecule has 26 heavy (non-hydrogen) atoms. The van der Waals surface area contributed by atoms with Gasteiger partial charge >= 0.3 is 0 Å². The first-order valence-corrected chi connectivity index (χ1v) is 10.2. The number of carbonyl (C=O) groups is 1. The molecule has 1 aromatic heterocycles. The van der Waals surface area contributed by atoms with Crippen molar-refractivity contribution in [3.63, 3.8) is 0 Å². The molecule has 1 aromatic carbocycles. The Morgan fingerprint density at radius 2 is 2.00 bits per heavy atom. The summed E-state index contributed by atoms with van der Waals surface area (Å²) in [5, 5.41) is 1.24. The molecule has 4 nitrogen and oxygen atoms in total. The molecule has 0 saturated carbocycles. The third-order valence-corrected chi connectivity index (χ3v) is 6.50. The Kier molecular flexibility index (Phi) is 5.03. The third kappa shape index (κ3) is 3.39. The number of hydrogen-bond acceptors (Lipinski definition) is 2. The average molecular weight is 354 g/mol. The summed E-state index contributed by atoms with van der Waals surface area (Å²) in [4.78, 5) is 17.5. The predicted molar refractivity (Wildman–Crippen MR) is 106 cm³/mol. The van der Waals surface area contributed by atoms with Gasteiger partial charge in [0.05, 0.1) is 0 Å². The van der Waals surface area contributed by atoms with E-state index in [9.17, 15) is 4.79 Å². The topological polar surface area (TPSA) is 28.5 Å². The molecule has 4 rings (SSSR count). The Morgan fingerprint density at radius 1 is 1.15 bits per heavy atom. The molecule has 2 aliphatic rings. The van der Waals surface area contributed by atoms with Crippen molar-refractivity contribution in [3.8, 4) is 0 Å². The van der Waals surface area contributed by atoms with Crippen LogP contribution in [-0.2, 0) is 11.3 Å². The number of piperidine rings is 2. The summed E-state index contributed by atoms with van der Waals surface area (Å²) in [6.45, 7) is 5.98. The standard InChI is InChI=1S/C22H31N3O/c1-17-7-5-10-21-19(17)11-14-25(21)16-22(26)23(2)15-18-8-6-13-24-12-4-3-9-20(18)24/h5,7,10-11,14,18,20H,3-4,6,8-9,12-13,15-16H2,1-2H3/t18-,20+/m1/s1. The smallest absolute Gasteiger partial charge is 0.242 e. The molecule has 0 N–H and O–H groups in total. The van der Waals surface area contributed by atoms with Crippen LogP contribution in [0.2, 0.25) is 0 Å². The van der Waals surface area contributed by atoms with Crippen LogP contribution in [0.3, 0.4) is 0 Å². The maximum Gasteiger partial charge on any atom is 0.242 e. The van der Waals surface area contributed by atoms with E-state index in [2.05, 4.69) is 40.7 Å². The second-order valence-corrected chi connectivity index (χ2v) is 8.23. The van der Waals surface area contributed by atoms with Gasteiger partial charge in [0.1, 0.15) is 6.54 Å². The summed E-state index contributed by atoms with van der Waals surface area (Å²) >= 11 is 0. The number of aryl methyl sites for hydroxylation is 1. The van der Waals surface area contributed by atoms with Crippen LogP contribution < -0.4 is 0 Å². The van der Waals surface area contributed by atoms with Crippen LogP contribution >= 0.6 is 0 Å². The van der Waals surface area contributed by atoms with Gasteiger partial charge in [-0.2, -0.15) is 0 Å². The number of likely N-dealkylation sites (N-methyl/N-ethyl adjacent to an activating group) is 1. The molecule has 0 spiro atoms. The molecule has 2 saturated heterocycles. The van der Waals surface area contributed by atoms with Crippen LogP contribution in [0.4, 0.5) is 0 Å². The molecule has 2 atom stereocenters. The Morgan fingerprint density at radius 3 is 2.88 bits per heavy atom. The SMILES string of the molecule is Cc1cccc2c1ccn2CC(=O)N(C)C[C@H]1CCCN2CCCC[C@@H]12. The zero-order valence-corrected chi connectivity index (χ0v) is 16.2. The number of hydrogen-bond donors (Lipinski definition) is 0. The van der Waals surface area contributed by atoms with Gasteiger partial charge in [0.2, 0.25) is 5.91 Å². The van der Waals surface area contributed by atoms with E-state index in [0.29, 0.717) is 18.5 Å². The summed E-state index contributed by atoms with van der Waals surface area (Å²) in [6, 6.07) is 9.12. The number of carbonyl (C=O) groups excluding carboxylic acids is 1. The van der Waals surface area contributed by atoms with E-state index in [1.54, 1.807) is 0 Å². The van der Waals surface area contributed by atoms with Gasteiger partial charge in [0.25, 0.3) is 0 Å². The Hall–Kier alpha value is -1.81. The molecular weight excluding hydrogens is 322 g/mol. The summed E-state index contributed by atoms with van der Waals surface area (Å²) in [5.41, 5.74) is 2.42. The lowest BCUT2D eigenvalue weighted by Crippen LogP contribution is -2.51. The first kappa shape index (κ1) is 17.6. The molecule has 0 bridgehead atoms. The minimum Gasteiger partial charge on any atom is -0.344 e. The summed E-state index contributed by atoms with van der Waals surface area (Å²) in [7, 11) is 1.99. The first-order chi connectivity index (χ1) is 12.6. The minimum absolute atomic E-state index is 0.219. The van der Waals surface area contributed by atoms with E-state index < -0.39 is 0 Å². The van der Waals surface area contributed by atoms with E-state index in [1.165, 1.54) is 56.1 Å². The monoisotopic (exact) mass is 353 g/mol. The van der Waals surface area contributed by atoms with Crippen LogP contribution in [0, 0.1) is 12.8 Å². The molecule has 0 aliphatic carbocycles. The van der Waals surface area contributed by atoms with Crippen LogP contribution in [0.1, 0.15) is 37.7 Å². The second-order valence-electron chi connectivity index (χ2n) is 8.23. The van der Waals surface area contributed by atoms with Gasteiger partial charge in [-0.25, -0.2) is 0 Å². The molecule has 2 aromatic rings. The molecule has 0 unspecified atom stereocenters. The Labute approximate surface area is 156 Å². The molecule has 1 amide bonds. The number of amides is 1. The van der Waals surface area contributed by atoms with Crippen LogP contribution in [-0.4, -0.2) is 53.0 Å². The van der Waals surface area contributed by atoms with Crippen molar-refractivity contribution in [2.24, 2.45) is 5.92 Å². The second kappa shape index (κ2) is 7.43. The molecule has 140 valence electrons. The Balaban J connectivity index is 1.42. The van der Waals surface area contributed by atoms with Gasteiger partial charge in [-0.3, -0.25) is 4.79 Å². The van der Waals surface area contributed by atoms with Crippen molar-refractivity contribution < 1.29 is 4.79 Å². The van der Waals surface area contributed by atoms with E-state index in [-0.39, 0.29) is 5.91 Å². The fraction of sp³-hybridized carbons (Fsp3) is 0.591. The van der Waals surface area contributed by atoms with E-state index in [0.717, 1.165) is 12.1 Å². The lowest BCUT2D eigenvalue weighted by Gasteiger charge is -2.45. The van der Waals surface area contributed by atoms with Crippen molar-refractivity contribution >= 4 is 16.8 Å². The van der Waals surface area contributed by atoms with Gasteiger partial charge in [-0.1, -0.05) is 18.6 Å². The quantitative estimate of drug-likeness (QED) is 0.839. The molecule has 0 radical (unpaired) electrons.